The minimum absolute atomic E-state index is 0.152. The first kappa shape index (κ1) is 14.3. The van der Waals surface area contributed by atoms with Crippen molar-refractivity contribution in [2.75, 3.05) is 0 Å². The van der Waals surface area contributed by atoms with E-state index >= 15 is 0 Å². The molecule has 2 atom stereocenters. The summed E-state index contributed by atoms with van der Waals surface area (Å²) in [6, 6.07) is 11.4. The van der Waals surface area contributed by atoms with Crippen LogP contribution >= 0.6 is 0 Å². The van der Waals surface area contributed by atoms with Crippen molar-refractivity contribution < 1.29 is 0 Å². The topological polar surface area (TPSA) is 43.8 Å². The molecule has 0 saturated heterocycles. The molecule has 3 rings (SSSR count). The second-order valence-corrected chi connectivity index (χ2v) is 6.15. The molecule has 0 bridgehead atoms. The number of rotatable bonds is 5. The highest BCUT2D eigenvalue weighted by Gasteiger charge is 2.29. The third kappa shape index (κ3) is 2.75. The first-order chi connectivity index (χ1) is 10.2. The van der Waals surface area contributed by atoms with Gasteiger partial charge in [-0.05, 0) is 48.8 Å². The highest BCUT2D eigenvalue weighted by molar-refractivity contribution is 5.35. The van der Waals surface area contributed by atoms with E-state index in [1.807, 2.05) is 0 Å². The van der Waals surface area contributed by atoms with Gasteiger partial charge >= 0.3 is 0 Å². The van der Waals surface area contributed by atoms with Crippen LogP contribution in [0.1, 0.15) is 55.6 Å². The van der Waals surface area contributed by atoms with Crippen LogP contribution in [0.15, 0.2) is 36.5 Å². The van der Waals surface area contributed by atoms with Crippen LogP contribution in [-0.2, 0) is 12.8 Å². The number of hydrogen-bond acceptors (Lipinski definition) is 2. The van der Waals surface area contributed by atoms with Gasteiger partial charge in [0, 0.05) is 12.2 Å². The van der Waals surface area contributed by atoms with Crippen LogP contribution in [0.25, 0.3) is 0 Å². The average Bonchev–Trinajstić information content (AvgIpc) is 3.08. The summed E-state index contributed by atoms with van der Waals surface area (Å²) in [6.07, 6.45) is 6.44. The fraction of sp³-hybridized carbons (Fsp3) is 0.500. The van der Waals surface area contributed by atoms with Gasteiger partial charge in [0.05, 0.1) is 11.7 Å². The standard InChI is InChI=1S/C18H25N3/c1-3-16(4-2)21-10-9-15(20-21)12-14-11-13-7-5-6-8-17(13)18(14)19/h5-10,14,16,18H,3-4,11-12,19H2,1-2H3. The van der Waals surface area contributed by atoms with Crippen molar-refractivity contribution in [1.29, 1.82) is 0 Å². The zero-order valence-corrected chi connectivity index (χ0v) is 13.0. The SMILES string of the molecule is CCC(CC)n1ccc(CC2Cc3ccccc3C2N)n1. The summed E-state index contributed by atoms with van der Waals surface area (Å²) >= 11 is 0. The summed E-state index contributed by atoms with van der Waals surface area (Å²) in [4.78, 5) is 0. The molecule has 1 aromatic heterocycles. The molecule has 3 nitrogen and oxygen atoms in total. The minimum atomic E-state index is 0.152. The van der Waals surface area contributed by atoms with Crippen LogP contribution in [0, 0.1) is 5.92 Å². The van der Waals surface area contributed by atoms with Gasteiger partial charge in [-0.15, -0.1) is 0 Å². The van der Waals surface area contributed by atoms with Gasteiger partial charge in [0.2, 0.25) is 0 Å². The van der Waals surface area contributed by atoms with E-state index in [0.717, 1.165) is 25.7 Å². The first-order valence-electron chi connectivity index (χ1n) is 8.10. The highest BCUT2D eigenvalue weighted by Crippen LogP contribution is 2.35. The molecule has 0 spiro atoms. The van der Waals surface area contributed by atoms with Crippen molar-refractivity contribution in [2.45, 2.75) is 51.6 Å². The second kappa shape index (κ2) is 6.02. The predicted molar refractivity (Wildman–Crippen MR) is 86.1 cm³/mol. The lowest BCUT2D eigenvalue weighted by Gasteiger charge is -2.15. The van der Waals surface area contributed by atoms with E-state index in [1.54, 1.807) is 0 Å². The molecule has 1 aliphatic carbocycles. The Morgan fingerprint density at radius 1 is 1.24 bits per heavy atom. The van der Waals surface area contributed by atoms with Crippen LogP contribution in [0.3, 0.4) is 0 Å². The number of fused-ring (bicyclic) bond motifs is 1. The molecule has 1 aromatic carbocycles. The lowest BCUT2D eigenvalue weighted by molar-refractivity contribution is 0.415. The van der Waals surface area contributed by atoms with Gasteiger partial charge in [-0.3, -0.25) is 4.68 Å². The van der Waals surface area contributed by atoms with E-state index in [1.165, 1.54) is 16.8 Å². The maximum absolute atomic E-state index is 6.42. The van der Waals surface area contributed by atoms with E-state index in [0.29, 0.717) is 12.0 Å². The molecule has 0 radical (unpaired) electrons. The van der Waals surface area contributed by atoms with E-state index < -0.39 is 0 Å². The molecule has 0 amide bonds. The van der Waals surface area contributed by atoms with Crippen LogP contribution in [0.5, 0.6) is 0 Å². The Morgan fingerprint density at radius 3 is 2.71 bits per heavy atom. The fourth-order valence-electron chi connectivity index (χ4n) is 3.53. The molecular formula is C18H25N3. The van der Waals surface area contributed by atoms with Gasteiger partial charge < -0.3 is 5.73 Å². The largest absolute Gasteiger partial charge is 0.324 e. The number of aromatic nitrogens is 2. The number of hydrogen-bond donors (Lipinski definition) is 1. The molecule has 2 unspecified atom stereocenters. The quantitative estimate of drug-likeness (QED) is 0.910. The molecule has 0 aliphatic heterocycles. The van der Waals surface area contributed by atoms with Crippen LogP contribution in [-0.4, -0.2) is 9.78 Å². The molecule has 3 heteroatoms. The minimum Gasteiger partial charge on any atom is -0.324 e. The van der Waals surface area contributed by atoms with Gasteiger partial charge in [-0.25, -0.2) is 0 Å². The molecule has 2 aromatic rings. The zero-order chi connectivity index (χ0) is 14.8. The molecular weight excluding hydrogens is 258 g/mol. The number of nitrogens with zero attached hydrogens (tertiary/aromatic N) is 2. The lowest BCUT2D eigenvalue weighted by atomic mass is 9.96. The smallest absolute Gasteiger partial charge is 0.0628 e. The monoisotopic (exact) mass is 283 g/mol. The summed E-state index contributed by atoms with van der Waals surface area (Å²) in [5.41, 5.74) is 10.3. The van der Waals surface area contributed by atoms with Gasteiger partial charge in [0.15, 0.2) is 0 Å². The normalized spacial score (nSPS) is 21.0. The van der Waals surface area contributed by atoms with Crippen LogP contribution in [0.4, 0.5) is 0 Å². The molecule has 21 heavy (non-hydrogen) atoms. The van der Waals surface area contributed by atoms with Gasteiger partial charge in [-0.1, -0.05) is 38.1 Å². The van der Waals surface area contributed by atoms with Crippen molar-refractivity contribution in [2.24, 2.45) is 11.7 Å². The van der Waals surface area contributed by atoms with Crippen LogP contribution in [0.2, 0.25) is 0 Å². The van der Waals surface area contributed by atoms with Crippen molar-refractivity contribution in [3.63, 3.8) is 0 Å². The van der Waals surface area contributed by atoms with E-state index in [2.05, 4.69) is 55.1 Å². The molecule has 112 valence electrons. The summed E-state index contributed by atoms with van der Waals surface area (Å²) in [6.45, 7) is 4.44. The van der Waals surface area contributed by atoms with Crippen molar-refractivity contribution in [3.05, 3.63) is 53.3 Å². The zero-order valence-electron chi connectivity index (χ0n) is 13.0. The molecule has 0 saturated carbocycles. The van der Waals surface area contributed by atoms with E-state index in [4.69, 9.17) is 10.8 Å². The summed E-state index contributed by atoms with van der Waals surface area (Å²) in [5, 5.41) is 4.77. The summed E-state index contributed by atoms with van der Waals surface area (Å²) in [5.74, 6) is 0.479. The molecule has 1 heterocycles. The fourth-order valence-corrected chi connectivity index (χ4v) is 3.53. The van der Waals surface area contributed by atoms with Gasteiger partial charge in [0.25, 0.3) is 0 Å². The van der Waals surface area contributed by atoms with Gasteiger partial charge in [0.1, 0.15) is 0 Å². The number of benzene rings is 1. The summed E-state index contributed by atoms with van der Waals surface area (Å²) in [7, 11) is 0. The van der Waals surface area contributed by atoms with Crippen molar-refractivity contribution in [3.8, 4) is 0 Å². The third-order valence-corrected chi connectivity index (χ3v) is 4.86. The average molecular weight is 283 g/mol. The lowest BCUT2D eigenvalue weighted by Crippen LogP contribution is -2.19. The van der Waals surface area contributed by atoms with Crippen molar-refractivity contribution >= 4 is 0 Å². The molecule has 0 fully saturated rings. The Morgan fingerprint density at radius 2 is 2.00 bits per heavy atom. The van der Waals surface area contributed by atoms with Gasteiger partial charge in [-0.2, -0.15) is 5.10 Å². The van der Waals surface area contributed by atoms with E-state index in [-0.39, 0.29) is 6.04 Å². The van der Waals surface area contributed by atoms with Crippen molar-refractivity contribution in [1.82, 2.24) is 9.78 Å². The molecule has 2 N–H and O–H groups in total. The summed E-state index contributed by atoms with van der Waals surface area (Å²) < 4.78 is 2.13. The van der Waals surface area contributed by atoms with Crippen LogP contribution < -0.4 is 5.73 Å². The highest BCUT2D eigenvalue weighted by atomic mass is 15.3. The molecule has 1 aliphatic rings. The predicted octanol–water partition coefficient (Wildman–Crippen LogP) is 3.66. The number of nitrogens with two attached hydrogens (primary N) is 1. The maximum atomic E-state index is 6.42. The maximum Gasteiger partial charge on any atom is 0.0628 e. The first-order valence-corrected chi connectivity index (χ1v) is 8.10. The Labute approximate surface area is 127 Å². The van der Waals surface area contributed by atoms with E-state index in [9.17, 15) is 0 Å². The third-order valence-electron chi connectivity index (χ3n) is 4.86. The Hall–Kier alpha value is -1.61. The Kier molecular flexibility index (Phi) is 4.11. The Bertz CT molecular complexity index is 598. The second-order valence-electron chi connectivity index (χ2n) is 6.15. The Balaban J connectivity index is 1.71.